The van der Waals surface area contributed by atoms with Crippen molar-refractivity contribution in [3.8, 4) is 0 Å². The summed E-state index contributed by atoms with van der Waals surface area (Å²) in [6.45, 7) is 2.36. The van der Waals surface area contributed by atoms with Gasteiger partial charge in [-0.15, -0.1) is 11.8 Å². The molecule has 1 fully saturated rings. The highest BCUT2D eigenvalue weighted by molar-refractivity contribution is 7.99. The van der Waals surface area contributed by atoms with Gasteiger partial charge in [-0.05, 0) is 24.5 Å². The van der Waals surface area contributed by atoms with Crippen LogP contribution in [0.2, 0.25) is 0 Å². The number of benzene rings is 1. The summed E-state index contributed by atoms with van der Waals surface area (Å²) < 4.78 is 5.12. The molecule has 1 heterocycles. The fraction of sp³-hybridized carbons (Fsp3) is 0.462. The van der Waals surface area contributed by atoms with Crippen molar-refractivity contribution in [1.29, 1.82) is 0 Å². The smallest absolute Gasteiger partial charge is 0.309 e. The molecule has 1 aliphatic heterocycles. The third kappa shape index (κ3) is 1.46. The van der Waals surface area contributed by atoms with Crippen molar-refractivity contribution in [2.75, 3.05) is 12.4 Å². The fourth-order valence-electron chi connectivity index (χ4n) is 2.64. The second-order valence-electron chi connectivity index (χ2n) is 4.32. The summed E-state index contributed by atoms with van der Waals surface area (Å²) in [5.74, 6) is 2.12. The van der Waals surface area contributed by atoms with Crippen molar-refractivity contribution in [1.82, 2.24) is 0 Å². The van der Waals surface area contributed by atoms with E-state index < -0.39 is 0 Å². The van der Waals surface area contributed by atoms with Crippen LogP contribution in [-0.4, -0.2) is 18.3 Å². The number of rotatable bonds is 2. The van der Waals surface area contributed by atoms with Crippen molar-refractivity contribution >= 4 is 17.7 Å². The van der Waals surface area contributed by atoms with E-state index in [1.165, 1.54) is 10.5 Å². The zero-order valence-electron chi connectivity index (χ0n) is 9.18. The first-order valence-electron chi connectivity index (χ1n) is 5.71. The molecule has 3 atom stereocenters. The van der Waals surface area contributed by atoms with Gasteiger partial charge in [0.05, 0.1) is 12.5 Å². The topological polar surface area (TPSA) is 26.3 Å². The molecule has 3 rings (SSSR count). The largest absolute Gasteiger partial charge is 0.466 e. The molecule has 0 spiro atoms. The van der Waals surface area contributed by atoms with Crippen molar-refractivity contribution in [3.63, 3.8) is 0 Å². The fourth-order valence-corrected chi connectivity index (χ4v) is 3.97. The van der Waals surface area contributed by atoms with E-state index >= 15 is 0 Å². The average Bonchev–Trinajstić information content (AvgIpc) is 3.04. The van der Waals surface area contributed by atoms with Crippen LogP contribution in [0.3, 0.4) is 0 Å². The Kier molecular flexibility index (Phi) is 2.43. The van der Waals surface area contributed by atoms with E-state index in [2.05, 4.69) is 24.3 Å². The number of carbonyl (C=O) groups is 1. The van der Waals surface area contributed by atoms with E-state index in [-0.39, 0.29) is 11.9 Å². The predicted octanol–water partition coefficient (Wildman–Crippen LogP) is 2.69. The van der Waals surface area contributed by atoms with Crippen LogP contribution in [0.25, 0.3) is 0 Å². The number of fused-ring (bicyclic) bond motifs is 3. The normalized spacial score (nSPS) is 30.2. The van der Waals surface area contributed by atoms with Gasteiger partial charge in [0.2, 0.25) is 0 Å². The Bertz CT molecular complexity index is 430. The number of thioether (sulfide) groups is 1. The molecular weight excluding hydrogens is 220 g/mol. The number of hydrogen-bond donors (Lipinski definition) is 0. The Morgan fingerprint density at radius 3 is 3.12 bits per heavy atom. The molecular formula is C13H14O2S. The molecule has 2 aliphatic rings. The molecule has 0 amide bonds. The molecule has 16 heavy (non-hydrogen) atoms. The molecule has 2 nitrogen and oxygen atoms in total. The minimum Gasteiger partial charge on any atom is -0.466 e. The zero-order chi connectivity index (χ0) is 11.1. The van der Waals surface area contributed by atoms with Gasteiger partial charge in [-0.3, -0.25) is 4.79 Å². The van der Waals surface area contributed by atoms with Crippen LogP contribution in [0.1, 0.15) is 18.4 Å². The summed E-state index contributed by atoms with van der Waals surface area (Å²) >= 11 is 1.87. The molecule has 1 aromatic carbocycles. The summed E-state index contributed by atoms with van der Waals surface area (Å²) in [4.78, 5) is 13.1. The van der Waals surface area contributed by atoms with Gasteiger partial charge in [0, 0.05) is 16.6 Å². The van der Waals surface area contributed by atoms with Gasteiger partial charge in [-0.25, -0.2) is 0 Å². The van der Waals surface area contributed by atoms with Gasteiger partial charge in [-0.1, -0.05) is 18.2 Å². The maximum Gasteiger partial charge on any atom is 0.309 e. The number of carbonyl (C=O) groups excluding carboxylic acids is 1. The SMILES string of the molecule is CCOC(=O)C1C2CSc3ccccc3C21. The van der Waals surface area contributed by atoms with E-state index in [1.807, 2.05) is 18.7 Å². The van der Waals surface area contributed by atoms with Crippen LogP contribution in [0.15, 0.2) is 29.2 Å². The summed E-state index contributed by atoms with van der Waals surface area (Å²) in [5.41, 5.74) is 1.35. The van der Waals surface area contributed by atoms with E-state index in [9.17, 15) is 4.79 Å². The van der Waals surface area contributed by atoms with Crippen LogP contribution in [-0.2, 0) is 9.53 Å². The monoisotopic (exact) mass is 234 g/mol. The zero-order valence-corrected chi connectivity index (χ0v) is 10.00. The Morgan fingerprint density at radius 1 is 1.50 bits per heavy atom. The molecule has 0 radical (unpaired) electrons. The lowest BCUT2D eigenvalue weighted by Crippen LogP contribution is -2.08. The summed E-state index contributed by atoms with van der Waals surface area (Å²) in [7, 11) is 0. The summed E-state index contributed by atoms with van der Waals surface area (Å²) in [6, 6.07) is 8.42. The van der Waals surface area contributed by atoms with E-state index in [4.69, 9.17) is 4.74 Å². The third-order valence-corrected chi connectivity index (χ3v) is 4.67. The number of hydrogen-bond acceptors (Lipinski definition) is 3. The molecule has 0 saturated heterocycles. The number of ether oxygens (including phenoxy) is 1. The number of esters is 1. The van der Waals surface area contributed by atoms with Gasteiger partial charge in [0.25, 0.3) is 0 Å². The molecule has 0 N–H and O–H groups in total. The molecule has 1 aliphatic carbocycles. The van der Waals surface area contributed by atoms with Crippen molar-refractivity contribution in [2.45, 2.75) is 17.7 Å². The van der Waals surface area contributed by atoms with Crippen LogP contribution >= 0.6 is 11.8 Å². The van der Waals surface area contributed by atoms with Gasteiger partial charge in [-0.2, -0.15) is 0 Å². The Labute approximate surface area is 99.4 Å². The highest BCUT2D eigenvalue weighted by Crippen LogP contribution is 2.61. The van der Waals surface area contributed by atoms with E-state index in [0.717, 1.165) is 5.75 Å². The maximum absolute atomic E-state index is 11.8. The van der Waals surface area contributed by atoms with Crippen molar-refractivity contribution in [3.05, 3.63) is 29.8 Å². The molecule has 3 unspecified atom stereocenters. The molecule has 84 valence electrons. The Balaban J connectivity index is 1.85. The van der Waals surface area contributed by atoms with Crippen LogP contribution in [0.5, 0.6) is 0 Å². The van der Waals surface area contributed by atoms with Crippen molar-refractivity contribution < 1.29 is 9.53 Å². The minimum absolute atomic E-state index is 0.00481. The lowest BCUT2D eigenvalue weighted by Gasteiger charge is -2.12. The van der Waals surface area contributed by atoms with E-state index in [1.54, 1.807) is 0 Å². The van der Waals surface area contributed by atoms with Crippen LogP contribution in [0.4, 0.5) is 0 Å². The first-order chi connectivity index (χ1) is 7.83. The lowest BCUT2D eigenvalue weighted by molar-refractivity contribution is -0.145. The molecule has 3 heteroatoms. The maximum atomic E-state index is 11.8. The highest BCUT2D eigenvalue weighted by Gasteiger charge is 2.58. The lowest BCUT2D eigenvalue weighted by atomic mass is 10.1. The third-order valence-electron chi connectivity index (χ3n) is 3.44. The first-order valence-corrected chi connectivity index (χ1v) is 6.70. The van der Waals surface area contributed by atoms with E-state index in [0.29, 0.717) is 18.4 Å². The quantitative estimate of drug-likeness (QED) is 0.736. The van der Waals surface area contributed by atoms with Crippen molar-refractivity contribution in [2.24, 2.45) is 11.8 Å². The second-order valence-corrected chi connectivity index (χ2v) is 5.38. The predicted molar refractivity (Wildman–Crippen MR) is 63.5 cm³/mol. The van der Waals surface area contributed by atoms with Gasteiger partial charge in [0.15, 0.2) is 0 Å². The highest BCUT2D eigenvalue weighted by atomic mass is 32.2. The Morgan fingerprint density at radius 2 is 2.31 bits per heavy atom. The first kappa shape index (κ1) is 10.2. The minimum atomic E-state index is -0.00481. The van der Waals surface area contributed by atoms with Gasteiger partial charge < -0.3 is 4.74 Å². The standard InChI is InChI=1S/C13H14O2S/c1-2-15-13(14)12-9-7-16-10-6-4-3-5-8(10)11(9)12/h3-6,9,11-12H,2,7H2,1H3. The summed E-state index contributed by atoms with van der Waals surface area (Å²) in [5, 5.41) is 0. The molecule has 0 aromatic heterocycles. The van der Waals surface area contributed by atoms with Gasteiger partial charge >= 0.3 is 5.97 Å². The van der Waals surface area contributed by atoms with Crippen LogP contribution < -0.4 is 0 Å². The molecule has 1 aromatic rings. The van der Waals surface area contributed by atoms with Crippen LogP contribution in [0, 0.1) is 11.8 Å². The molecule has 0 bridgehead atoms. The second kappa shape index (κ2) is 3.81. The molecule has 1 saturated carbocycles. The van der Waals surface area contributed by atoms with Gasteiger partial charge in [0.1, 0.15) is 0 Å². The average molecular weight is 234 g/mol. The Hall–Kier alpha value is -0.960. The summed E-state index contributed by atoms with van der Waals surface area (Å²) in [6.07, 6.45) is 0.